The quantitative estimate of drug-likeness (QED) is 0.606. The molecular weight excluding hydrogens is 456 g/mol. The lowest BCUT2D eigenvalue weighted by atomic mass is 9.92. The van der Waals surface area contributed by atoms with Gasteiger partial charge in [-0.2, -0.15) is 0 Å². The maximum atomic E-state index is 13.3. The van der Waals surface area contributed by atoms with Crippen molar-refractivity contribution in [3.05, 3.63) is 69.7 Å². The molecule has 3 rings (SSSR count). The largest absolute Gasteiger partial charge is 0.369 e. The van der Waals surface area contributed by atoms with Gasteiger partial charge in [0.2, 0.25) is 0 Å². The van der Waals surface area contributed by atoms with Crippen molar-refractivity contribution >= 4 is 33.7 Å². The molecule has 0 bridgehead atoms. The number of aliphatic imine (C=N–C) groups is 1. The summed E-state index contributed by atoms with van der Waals surface area (Å²) in [6.45, 7) is 7.63. The topological polar surface area (TPSA) is 79.0 Å². The van der Waals surface area contributed by atoms with Crippen LogP contribution in [0, 0.1) is 0 Å². The Morgan fingerprint density at radius 3 is 2.45 bits per heavy atom. The van der Waals surface area contributed by atoms with E-state index in [-0.39, 0.29) is 24.3 Å². The first-order valence-corrected chi connectivity index (χ1v) is 11.4. The summed E-state index contributed by atoms with van der Waals surface area (Å²) in [4.78, 5) is 34.1. The number of amides is 2. The van der Waals surface area contributed by atoms with E-state index in [1.54, 1.807) is 6.92 Å². The second-order valence-corrected chi connectivity index (χ2v) is 8.85. The van der Waals surface area contributed by atoms with Crippen molar-refractivity contribution in [2.45, 2.75) is 45.7 Å². The summed E-state index contributed by atoms with van der Waals surface area (Å²) in [6, 6.07) is 14.9. The van der Waals surface area contributed by atoms with Crippen LogP contribution in [0.5, 0.6) is 0 Å². The summed E-state index contributed by atoms with van der Waals surface area (Å²) >= 11 is 3.45. The number of nitrogens with zero attached hydrogens (tertiary/aromatic N) is 3. The van der Waals surface area contributed by atoms with E-state index in [1.807, 2.05) is 53.4 Å². The van der Waals surface area contributed by atoms with Crippen LogP contribution >= 0.6 is 15.9 Å². The fourth-order valence-electron chi connectivity index (χ4n) is 3.86. The van der Waals surface area contributed by atoms with Crippen LogP contribution in [0.3, 0.4) is 0 Å². The molecule has 1 aliphatic rings. The van der Waals surface area contributed by atoms with Crippen LogP contribution in [-0.4, -0.2) is 40.7 Å². The predicted molar refractivity (Wildman–Crippen MR) is 127 cm³/mol. The molecule has 31 heavy (non-hydrogen) atoms. The van der Waals surface area contributed by atoms with Crippen molar-refractivity contribution in [3.8, 4) is 0 Å². The molecule has 1 unspecified atom stereocenters. The van der Waals surface area contributed by atoms with Gasteiger partial charge in [0.15, 0.2) is 11.5 Å². The smallest absolute Gasteiger partial charge is 0.261 e. The van der Waals surface area contributed by atoms with Gasteiger partial charge in [-0.1, -0.05) is 54.0 Å². The molecule has 164 valence electrons. The van der Waals surface area contributed by atoms with Gasteiger partial charge in [0, 0.05) is 23.1 Å². The summed E-state index contributed by atoms with van der Waals surface area (Å²) in [6.07, 6.45) is 1.82. The SMILES string of the molecule is CCCN(CCC)C(=O)c1cccc(CN2C(=O)C(C)(c3cccc(Br)c3)N=C2N)c1. The predicted octanol–water partition coefficient (Wildman–Crippen LogP) is 4.28. The Morgan fingerprint density at radius 1 is 1.13 bits per heavy atom. The van der Waals surface area contributed by atoms with E-state index in [0.29, 0.717) is 5.56 Å². The van der Waals surface area contributed by atoms with Crippen molar-refractivity contribution in [2.75, 3.05) is 13.1 Å². The third-order valence-corrected chi connectivity index (χ3v) is 5.95. The Bertz CT molecular complexity index is 1000. The molecule has 1 aliphatic heterocycles. The number of nitrogens with two attached hydrogens (primary N) is 1. The van der Waals surface area contributed by atoms with Gasteiger partial charge < -0.3 is 10.6 Å². The van der Waals surface area contributed by atoms with Gasteiger partial charge in [0.1, 0.15) is 0 Å². The molecule has 1 atom stereocenters. The molecule has 2 aromatic rings. The van der Waals surface area contributed by atoms with Crippen LogP contribution in [0.1, 0.15) is 55.1 Å². The summed E-state index contributed by atoms with van der Waals surface area (Å²) in [5, 5.41) is 0. The maximum absolute atomic E-state index is 13.3. The van der Waals surface area contributed by atoms with Gasteiger partial charge in [-0.15, -0.1) is 0 Å². The Morgan fingerprint density at radius 2 is 1.81 bits per heavy atom. The molecule has 6 nitrogen and oxygen atoms in total. The van der Waals surface area contributed by atoms with E-state index in [1.165, 1.54) is 4.90 Å². The molecule has 0 saturated carbocycles. The lowest BCUT2D eigenvalue weighted by Gasteiger charge is -2.24. The zero-order valence-corrected chi connectivity index (χ0v) is 19.9. The summed E-state index contributed by atoms with van der Waals surface area (Å²) in [7, 11) is 0. The first-order valence-electron chi connectivity index (χ1n) is 10.6. The molecule has 2 aromatic carbocycles. The van der Waals surface area contributed by atoms with Crippen LogP contribution in [0.4, 0.5) is 0 Å². The number of carbonyl (C=O) groups is 2. The Labute approximate surface area is 192 Å². The summed E-state index contributed by atoms with van der Waals surface area (Å²) < 4.78 is 0.876. The summed E-state index contributed by atoms with van der Waals surface area (Å²) in [5.41, 5.74) is 7.33. The standard InChI is InChI=1S/C24H29BrN4O2/c1-4-12-28(13-5-2)21(30)18-9-6-8-17(14-18)16-29-22(31)24(3,27-23(29)26)19-10-7-11-20(25)15-19/h6-11,14-15H,4-5,12-13,16H2,1-3H3,(H2,26,27). The Kier molecular flexibility index (Phi) is 7.15. The third-order valence-electron chi connectivity index (χ3n) is 5.45. The highest BCUT2D eigenvalue weighted by atomic mass is 79.9. The van der Waals surface area contributed by atoms with E-state index >= 15 is 0 Å². The fourth-order valence-corrected chi connectivity index (χ4v) is 4.26. The highest BCUT2D eigenvalue weighted by molar-refractivity contribution is 9.10. The lowest BCUT2D eigenvalue weighted by Crippen LogP contribution is -2.41. The van der Waals surface area contributed by atoms with Crippen LogP contribution < -0.4 is 5.73 Å². The van der Waals surface area contributed by atoms with Gasteiger partial charge in [-0.05, 0) is 55.2 Å². The Hall–Kier alpha value is -2.67. The van der Waals surface area contributed by atoms with Crippen molar-refractivity contribution in [3.63, 3.8) is 0 Å². The number of halogens is 1. The van der Waals surface area contributed by atoms with Gasteiger partial charge in [-0.25, -0.2) is 4.99 Å². The number of hydrogen-bond acceptors (Lipinski definition) is 4. The van der Waals surface area contributed by atoms with Crippen LogP contribution in [0.15, 0.2) is 58.0 Å². The molecule has 0 saturated heterocycles. The molecule has 0 spiro atoms. The normalized spacial score (nSPS) is 18.3. The molecule has 0 radical (unpaired) electrons. The van der Waals surface area contributed by atoms with Crippen molar-refractivity contribution in [2.24, 2.45) is 10.7 Å². The molecule has 0 fully saturated rings. The van der Waals surface area contributed by atoms with E-state index in [2.05, 4.69) is 34.8 Å². The molecule has 1 heterocycles. The minimum Gasteiger partial charge on any atom is -0.369 e. The zero-order valence-electron chi connectivity index (χ0n) is 18.3. The zero-order chi connectivity index (χ0) is 22.6. The number of carbonyl (C=O) groups excluding carboxylic acids is 2. The monoisotopic (exact) mass is 484 g/mol. The lowest BCUT2D eigenvalue weighted by molar-refractivity contribution is -0.131. The van der Waals surface area contributed by atoms with Gasteiger partial charge in [0.05, 0.1) is 6.54 Å². The van der Waals surface area contributed by atoms with Crippen LogP contribution in [0.2, 0.25) is 0 Å². The molecule has 0 aromatic heterocycles. The molecule has 7 heteroatoms. The van der Waals surface area contributed by atoms with Crippen molar-refractivity contribution in [1.29, 1.82) is 0 Å². The molecule has 2 N–H and O–H groups in total. The number of hydrogen-bond donors (Lipinski definition) is 1. The Balaban J connectivity index is 1.82. The fraction of sp³-hybridized carbons (Fsp3) is 0.375. The van der Waals surface area contributed by atoms with Crippen molar-refractivity contribution in [1.82, 2.24) is 9.80 Å². The second-order valence-electron chi connectivity index (χ2n) is 7.94. The van der Waals surface area contributed by atoms with Crippen LogP contribution in [-0.2, 0) is 16.9 Å². The minimum absolute atomic E-state index is 0.0129. The second kappa shape index (κ2) is 9.64. The summed E-state index contributed by atoms with van der Waals surface area (Å²) in [5.74, 6) is 0.0140. The average molecular weight is 485 g/mol. The van der Waals surface area contributed by atoms with E-state index in [4.69, 9.17) is 5.73 Å². The molecule has 2 amide bonds. The third kappa shape index (κ3) is 4.82. The van der Waals surface area contributed by atoms with E-state index in [9.17, 15) is 9.59 Å². The van der Waals surface area contributed by atoms with Gasteiger partial charge >= 0.3 is 0 Å². The van der Waals surface area contributed by atoms with Gasteiger partial charge in [-0.3, -0.25) is 14.5 Å². The molecule has 0 aliphatic carbocycles. The first-order chi connectivity index (χ1) is 14.8. The first kappa shape index (κ1) is 23.0. The number of guanidine groups is 1. The van der Waals surface area contributed by atoms with Crippen molar-refractivity contribution < 1.29 is 9.59 Å². The van der Waals surface area contributed by atoms with Gasteiger partial charge in [0.25, 0.3) is 11.8 Å². The highest BCUT2D eigenvalue weighted by Gasteiger charge is 2.45. The maximum Gasteiger partial charge on any atom is 0.261 e. The number of rotatable bonds is 8. The average Bonchev–Trinajstić information content (AvgIpc) is 2.97. The highest BCUT2D eigenvalue weighted by Crippen LogP contribution is 2.34. The van der Waals surface area contributed by atoms with Crippen LogP contribution in [0.25, 0.3) is 0 Å². The number of benzene rings is 2. The molecular formula is C24H29BrN4O2. The van der Waals surface area contributed by atoms with E-state index in [0.717, 1.165) is 41.5 Å². The van der Waals surface area contributed by atoms with E-state index < -0.39 is 5.54 Å². The minimum atomic E-state index is -1.07.